The van der Waals surface area contributed by atoms with Gasteiger partial charge in [0.25, 0.3) is 0 Å². The molecule has 82 valence electrons. The van der Waals surface area contributed by atoms with Crippen LogP contribution in [0.2, 0.25) is 5.02 Å². The Morgan fingerprint density at radius 1 is 1.60 bits per heavy atom. The fourth-order valence-electron chi connectivity index (χ4n) is 2.12. The number of aliphatic hydroxyl groups is 1. The van der Waals surface area contributed by atoms with Crippen molar-refractivity contribution < 1.29 is 9.50 Å². The monoisotopic (exact) mass is 228 g/mol. The summed E-state index contributed by atoms with van der Waals surface area (Å²) in [4.78, 5) is 0. The number of rotatable bonds is 3. The van der Waals surface area contributed by atoms with E-state index in [1.165, 1.54) is 12.1 Å². The second-order valence-corrected chi connectivity index (χ2v) is 4.65. The summed E-state index contributed by atoms with van der Waals surface area (Å²) >= 11 is 5.69. The van der Waals surface area contributed by atoms with Crippen LogP contribution in [0.25, 0.3) is 0 Å². The van der Waals surface area contributed by atoms with Crippen molar-refractivity contribution in [2.45, 2.75) is 31.8 Å². The molecule has 1 aromatic carbocycles. The van der Waals surface area contributed by atoms with E-state index in [1.54, 1.807) is 6.07 Å². The zero-order chi connectivity index (χ0) is 11.1. The van der Waals surface area contributed by atoms with Crippen molar-refractivity contribution in [3.05, 3.63) is 34.6 Å². The molecule has 0 radical (unpaired) electrons. The first-order valence-corrected chi connectivity index (χ1v) is 5.63. The Balaban J connectivity index is 2.21. The first kappa shape index (κ1) is 10.9. The maximum absolute atomic E-state index is 12.9. The van der Waals surface area contributed by atoms with Gasteiger partial charge in [0.2, 0.25) is 0 Å². The van der Waals surface area contributed by atoms with Gasteiger partial charge in [0.15, 0.2) is 0 Å². The van der Waals surface area contributed by atoms with Gasteiger partial charge in [-0.2, -0.15) is 0 Å². The normalized spacial score (nSPS) is 29.2. The Morgan fingerprint density at radius 3 is 2.93 bits per heavy atom. The van der Waals surface area contributed by atoms with Crippen LogP contribution in [0, 0.1) is 11.7 Å². The summed E-state index contributed by atoms with van der Waals surface area (Å²) in [5.74, 6) is -0.124. The third-order valence-electron chi connectivity index (χ3n) is 3.13. The Bertz CT molecular complexity index is 380. The summed E-state index contributed by atoms with van der Waals surface area (Å²) < 4.78 is 12.9. The molecule has 1 nitrogen and oxygen atoms in total. The van der Waals surface area contributed by atoms with Crippen molar-refractivity contribution in [2.75, 3.05) is 0 Å². The predicted molar refractivity (Wildman–Crippen MR) is 58.3 cm³/mol. The smallest absolute Gasteiger partial charge is 0.141 e. The molecular weight excluding hydrogens is 215 g/mol. The van der Waals surface area contributed by atoms with E-state index in [2.05, 4.69) is 6.92 Å². The number of halogens is 2. The van der Waals surface area contributed by atoms with Crippen molar-refractivity contribution in [3.8, 4) is 0 Å². The zero-order valence-corrected chi connectivity index (χ0v) is 9.39. The molecule has 1 N–H and O–H groups in total. The lowest BCUT2D eigenvalue weighted by atomic mass is 10.0. The van der Waals surface area contributed by atoms with Crippen molar-refractivity contribution in [1.82, 2.24) is 0 Å². The maximum atomic E-state index is 12.9. The summed E-state index contributed by atoms with van der Waals surface area (Å²) in [6.45, 7) is 2.09. The molecule has 1 aliphatic rings. The fraction of sp³-hybridized carbons (Fsp3) is 0.500. The summed E-state index contributed by atoms with van der Waals surface area (Å²) in [7, 11) is 0. The summed E-state index contributed by atoms with van der Waals surface area (Å²) in [6, 6.07) is 4.47. The number of hydrogen-bond acceptors (Lipinski definition) is 1. The Labute approximate surface area is 93.9 Å². The molecule has 1 saturated carbocycles. The minimum Gasteiger partial charge on any atom is -0.385 e. The van der Waals surface area contributed by atoms with Gasteiger partial charge < -0.3 is 5.11 Å². The van der Waals surface area contributed by atoms with Gasteiger partial charge in [0.1, 0.15) is 5.82 Å². The van der Waals surface area contributed by atoms with Gasteiger partial charge >= 0.3 is 0 Å². The number of benzene rings is 1. The highest BCUT2D eigenvalue weighted by atomic mass is 35.5. The van der Waals surface area contributed by atoms with E-state index < -0.39 is 11.4 Å². The molecule has 2 rings (SSSR count). The van der Waals surface area contributed by atoms with Crippen LogP contribution in [0.5, 0.6) is 0 Å². The van der Waals surface area contributed by atoms with Crippen molar-refractivity contribution >= 4 is 11.6 Å². The molecule has 0 amide bonds. The van der Waals surface area contributed by atoms with E-state index in [0.29, 0.717) is 5.92 Å². The third-order valence-corrected chi connectivity index (χ3v) is 3.42. The lowest BCUT2D eigenvalue weighted by molar-refractivity contribution is 0.129. The zero-order valence-electron chi connectivity index (χ0n) is 8.63. The molecule has 1 aromatic rings. The molecule has 0 heterocycles. The molecule has 1 fully saturated rings. The molecule has 0 aromatic heterocycles. The maximum Gasteiger partial charge on any atom is 0.141 e. The molecular formula is C12H14ClFO. The first-order chi connectivity index (χ1) is 7.08. The van der Waals surface area contributed by atoms with Gasteiger partial charge in [0.05, 0.1) is 10.6 Å². The third kappa shape index (κ3) is 1.88. The second-order valence-electron chi connectivity index (χ2n) is 4.24. The van der Waals surface area contributed by atoms with Crippen LogP contribution in [-0.2, 0) is 5.60 Å². The van der Waals surface area contributed by atoms with E-state index in [0.717, 1.165) is 24.8 Å². The quantitative estimate of drug-likeness (QED) is 0.840. The Kier molecular flexibility index (Phi) is 2.73. The van der Waals surface area contributed by atoms with Crippen molar-refractivity contribution in [2.24, 2.45) is 5.92 Å². The van der Waals surface area contributed by atoms with Crippen molar-refractivity contribution in [3.63, 3.8) is 0 Å². The van der Waals surface area contributed by atoms with Gasteiger partial charge in [-0.05, 0) is 36.5 Å². The average molecular weight is 229 g/mol. The highest BCUT2D eigenvalue weighted by Crippen LogP contribution is 2.54. The standard InChI is InChI=1S/C12H14ClFO/c1-2-3-9-7-12(9,15)8-4-5-11(14)10(13)6-8/h4-6,9,15H,2-3,7H2,1H3. The SMILES string of the molecule is CCCC1CC1(O)c1ccc(F)c(Cl)c1. The van der Waals surface area contributed by atoms with Gasteiger partial charge in [-0.1, -0.05) is 31.0 Å². The van der Waals surface area contributed by atoms with Crippen LogP contribution in [0.3, 0.4) is 0 Å². The summed E-state index contributed by atoms with van der Waals surface area (Å²) in [5, 5.41) is 10.3. The Morgan fingerprint density at radius 2 is 2.33 bits per heavy atom. The highest BCUT2D eigenvalue weighted by Gasteiger charge is 2.53. The molecule has 0 aliphatic heterocycles. The van der Waals surface area contributed by atoms with Crippen LogP contribution >= 0.6 is 11.6 Å². The van der Waals surface area contributed by atoms with E-state index in [9.17, 15) is 9.50 Å². The van der Waals surface area contributed by atoms with E-state index in [1.807, 2.05) is 0 Å². The fourth-order valence-corrected chi connectivity index (χ4v) is 2.31. The minimum absolute atomic E-state index is 0.0862. The summed E-state index contributed by atoms with van der Waals surface area (Å²) in [6.07, 6.45) is 2.83. The summed E-state index contributed by atoms with van der Waals surface area (Å²) in [5.41, 5.74) is -0.0137. The first-order valence-electron chi connectivity index (χ1n) is 5.26. The topological polar surface area (TPSA) is 20.2 Å². The predicted octanol–water partition coefficient (Wildman–Crippen LogP) is 3.49. The van der Waals surface area contributed by atoms with Crippen molar-refractivity contribution in [1.29, 1.82) is 0 Å². The molecule has 0 saturated heterocycles. The van der Waals surface area contributed by atoms with Crippen LogP contribution < -0.4 is 0 Å². The lowest BCUT2D eigenvalue weighted by Crippen LogP contribution is -2.08. The van der Waals surface area contributed by atoms with Crippen LogP contribution in [-0.4, -0.2) is 5.11 Å². The minimum atomic E-state index is -0.757. The molecule has 3 heteroatoms. The lowest BCUT2D eigenvalue weighted by Gasteiger charge is -2.11. The molecule has 0 spiro atoms. The van der Waals surface area contributed by atoms with Gasteiger partial charge in [-0.25, -0.2) is 4.39 Å². The van der Waals surface area contributed by atoms with Crippen LogP contribution in [0.15, 0.2) is 18.2 Å². The molecule has 1 aliphatic carbocycles. The van der Waals surface area contributed by atoms with Gasteiger partial charge in [0, 0.05) is 0 Å². The van der Waals surface area contributed by atoms with E-state index >= 15 is 0 Å². The van der Waals surface area contributed by atoms with E-state index in [4.69, 9.17) is 11.6 Å². The van der Waals surface area contributed by atoms with Crippen LogP contribution in [0.1, 0.15) is 31.7 Å². The second kappa shape index (κ2) is 3.76. The highest BCUT2D eigenvalue weighted by molar-refractivity contribution is 6.30. The number of hydrogen-bond donors (Lipinski definition) is 1. The van der Waals surface area contributed by atoms with Gasteiger partial charge in [-0.15, -0.1) is 0 Å². The van der Waals surface area contributed by atoms with Gasteiger partial charge in [-0.3, -0.25) is 0 Å². The average Bonchev–Trinajstić information content (AvgIpc) is 2.84. The molecule has 15 heavy (non-hydrogen) atoms. The largest absolute Gasteiger partial charge is 0.385 e. The van der Waals surface area contributed by atoms with Crippen LogP contribution in [0.4, 0.5) is 4.39 Å². The molecule has 0 bridgehead atoms. The molecule has 2 unspecified atom stereocenters. The van der Waals surface area contributed by atoms with E-state index in [-0.39, 0.29) is 5.02 Å². The Hall–Kier alpha value is -0.600. The molecule has 2 atom stereocenters.